The zero-order valence-corrected chi connectivity index (χ0v) is 11.8. The molecule has 0 aliphatic rings. The fraction of sp³-hybridized carbons (Fsp3) is 0.200. The molecule has 0 fully saturated rings. The van der Waals surface area contributed by atoms with Gasteiger partial charge >= 0.3 is 0 Å². The number of sulfonamides is 1. The molecule has 0 saturated heterocycles. The van der Waals surface area contributed by atoms with E-state index in [1.54, 1.807) is 24.3 Å². The van der Waals surface area contributed by atoms with Gasteiger partial charge in [-0.1, -0.05) is 54.6 Å². The summed E-state index contributed by atoms with van der Waals surface area (Å²) in [5.74, 6) is -0.0896. The minimum Gasteiger partial charge on any atom is -0.392 e. The van der Waals surface area contributed by atoms with E-state index in [0.717, 1.165) is 5.56 Å². The number of hydrogen-bond acceptors (Lipinski definition) is 3. The standard InChI is InChI=1S/C15H17NO3S/c17-11-14-7-4-8-15(9-14)12-20(18,19)16-10-13-5-2-1-3-6-13/h1-9,16-17H,10-12H2. The van der Waals surface area contributed by atoms with E-state index in [2.05, 4.69) is 4.72 Å². The van der Waals surface area contributed by atoms with Gasteiger partial charge in [0.1, 0.15) is 0 Å². The van der Waals surface area contributed by atoms with Crippen molar-refractivity contribution in [2.75, 3.05) is 0 Å². The first-order valence-electron chi connectivity index (χ1n) is 6.29. The van der Waals surface area contributed by atoms with Crippen LogP contribution in [-0.4, -0.2) is 13.5 Å². The van der Waals surface area contributed by atoms with Crippen LogP contribution >= 0.6 is 0 Å². The molecule has 0 aliphatic carbocycles. The monoisotopic (exact) mass is 291 g/mol. The summed E-state index contributed by atoms with van der Waals surface area (Å²) >= 11 is 0. The third kappa shape index (κ3) is 4.45. The molecule has 0 atom stereocenters. The van der Waals surface area contributed by atoms with E-state index >= 15 is 0 Å². The first-order chi connectivity index (χ1) is 9.59. The van der Waals surface area contributed by atoms with Crippen molar-refractivity contribution >= 4 is 10.0 Å². The molecule has 4 nitrogen and oxygen atoms in total. The molecule has 2 aromatic carbocycles. The Morgan fingerprint density at radius 3 is 2.25 bits per heavy atom. The summed E-state index contributed by atoms with van der Waals surface area (Å²) in [5, 5.41) is 9.05. The molecule has 0 bridgehead atoms. The van der Waals surface area contributed by atoms with Crippen molar-refractivity contribution in [3.05, 3.63) is 71.3 Å². The molecule has 0 saturated carbocycles. The Labute approximate surface area is 119 Å². The van der Waals surface area contributed by atoms with E-state index in [1.807, 2.05) is 30.3 Å². The van der Waals surface area contributed by atoms with Crippen LogP contribution in [0.5, 0.6) is 0 Å². The summed E-state index contributed by atoms with van der Waals surface area (Å²) in [6, 6.07) is 16.3. The lowest BCUT2D eigenvalue weighted by Crippen LogP contribution is -2.24. The Hall–Kier alpha value is -1.69. The Balaban J connectivity index is 2.00. The molecule has 2 N–H and O–H groups in total. The van der Waals surface area contributed by atoms with Crippen LogP contribution in [0.25, 0.3) is 0 Å². The van der Waals surface area contributed by atoms with Gasteiger partial charge in [-0.2, -0.15) is 0 Å². The summed E-state index contributed by atoms with van der Waals surface area (Å²) in [7, 11) is -3.39. The van der Waals surface area contributed by atoms with Crippen LogP contribution in [0, 0.1) is 0 Å². The van der Waals surface area contributed by atoms with Gasteiger partial charge in [0.2, 0.25) is 10.0 Å². The first kappa shape index (κ1) is 14.7. The average Bonchev–Trinajstić information content (AvgIpc) is 2.46. The van der Waals surface area contributed by atoms with Crippen molar-refractivity contribution in [3.8, 4) is 0 Å². The Morgan fingerprint density at radius 2 is 1.55 bits per heavy atom. The van der Waals surface area contributed by atoms with Crippen LogP contribution < -0.4 is 4.72 Å². The third-order valence-electron chi connectivity index (χ3n) is 2.87. The zero-order valence-electron chi connectivity index (χ0n) is 11.0. The molecule has 0 heterocycles. The lowest BCUT2D eigenvalue weighted by atomic mass is 10.1. The molecule has 2 aromatic rings. The second kappa shape index (κ2) is 6.65. The summed E-state index contributed by atoms with van der Waals surface area (Å²) in [6.45, 7) is 0.189. The lowest BCUT2D eigenvalue weighted by Gasteiger charge is -2.08. The molecule has 20 heavy (non-hydrogen) atoms. The van der Waals surface area contributed by atoms with Gasteiger partial charge in [0.25, 0.3) is 0 Å². The van der Waals surface area contributed by atoms with Gasteiger partial charge in [-0.25, -0.2) is 13.1 Å². The maximum Gasteiger partial charge on any atom is 0.216 e. The average molecular weight is 291 g/mol. The van der Waals surface area contributed by atoms with Gasteiger partial charge in [0, 0.05) is 6.54 Å². The number of aliphatic hydroxyl groups excluding tert-OH is 1. The predicted octanol–water partition coefficient (Wildman–Crippen LogP) is 1.80. The quantitative estimate of drug-likeness (QED) is 0.853. The maximum absolute atomic E-state index is 12.0. The second-order valence-corrected chi connectivity index (χ2v) is 6.35. The van der Waals surface area contributed by atoms with Crippen LogP contribution in [0.3, 0.4) is 0 Å². The highest BCUT2D eigenvalue weighted by atomic mass is 32.2. The maximum atomic E-state index is 12.0. The van der Waals surface area contributed by atoms with Crippen LogP contribution in [-0.2, 0) is 28.9 Å². The summed E-state index contributed by atoms with van der Waals surface area (Å²) in [4.78, 5) is 0. The van der Waals surface area contributed by atoms with Crippen molar-refractivity contribution in [3.63, 3.8) is 0 Å². The van der Waals surface area contributed by atoms with E-state index in [-0.39, 0.29) is 18.9 Å². The number of rotatable bonds is 6. The summed E-state index contributed by atoms with van der Waals surface area (Å²) < 4.78 is 26.6. The Bertz CT molecular complexity index is 654. The molecule has 0 spiro atoms. The molecule has 106 valence electrons. The highest BCUT2D eigenvalue weighted by Crippen LogP contribution is 2.09. The van der Waals surface area contributed by atoms with E-state index in [1.165, 1.54) is 0 Å². The van der Waals surface area contributed by atoms with Crippen LogP contribution in [0.4, 0.5) is 0 Å². The molecule has 0 amide bonds. The highest BCUT2D eigenvalue weighted by molar-refractivity contribution is 7.88. The third-order valence-corrected chi connectivity index (χ3v) is 4.17. The molecular weight excluding hydrogens is 274 g/mol. The van der Waals surface area contributed by atoms with Gasteiger partial charge in [-0.05, 0) is 16.7 Å². The number of benzene rings is 2. The minimum absolute atomic E-state index is 0.0896. The van der Waals surface area contributed by atoms with Gasteiger partial charge in [-0.3, -0.25) is 0 Å². The topological polar surface area (TPSA) is 66.4 Å². The number of nitrogens with one attached hydrogen (secondary N) is 1. The lowest BCUT2D eigenvalue weighted by molar-refractivity contribution is 0.282. The predicted molar refractivity (Wildman–Crippen MR) is 78.3 cm³/mol. The first-order valence-corrected chi connectivity index (χ1v) is 7.94. The molecular formula is C15H17NO3S. The smallest absolute Gasteiger partial charge is 0.216 e. The van der Waals surface area contributed by atoms with E-state index < -0.39 is 10.0 Å². The summed E-state index contributed by atoms with van der Waals surface area (Å²) in [5.41, 5.74) is 2.29. The Morgan fingerprint density at radius 1 is 0.900 bits per heavy atom. The number of hydrogen-bond donors (Lipinski definition) is 2. The molecule has 5 heteroatoms. The highest BCUT2D eigenvalue weighted by Gasteiger charge is 2.11. The van der Waals surface area contributed by atoms with E-state index in [4.69, 9.17) is 5.11 Å². The van der Waals surface area contributed by atoms with Crippen LogP contribution in [0.15, 0.2) is 54.6 Å². The normalized spacial score (nSPS) is 11.4. The fourth-order valence-corrected chi connectivity index (χ4v) is 2.98. The van der Waals surface area contributed by atoms with Gasteiger partial charge in [-0.15, -0.1) is 0 Å². The van der Waals surface area contributed by atoms with Gasteiger partial charge < -0.3 is 5.11 Å². The number of aliphatic hydroxyl groups is 1. The van der Waals surface area contributed by atoms with Gasteiger partial charge in [0.15, 0.2) is 0 Å². The molecule has 0 aliphatic heterocycles. The molecule has 0 unspecified atom stereocenters. The van der Waals surface area contributed by atoms with Crippen molar-refractivity contribution in [1.29, 1.82) is 0 Å². The van der Waals surface area contributed by atoms with E-state index in [9.17, 15) is 8.42 Å². The fourth-order valence-electron chi connectivity index (χ4n) is 1.88. The van der Waals surface area contributed by atoms with Crippen molar-refractivity contribution in [2.45, 2.75) is 18.9 Å². The summed E-state index contributed by atoms with van der Waals surface area (Å²) in [6.07, 6.45) is 0. The van der Waals surface area contributed by atoms with Crippen LogP contribution in [0.1, 0.15) is 16.7 Å². The van der Waals surface area contributed by atoms with Gasteiger partial charge in [0.05, 0.1) is 12.4 Å². The van der Waals surface area contributed by atoms with Crippen molar-refractivity contribution in [1.82, 2.24) is 4.72 Å². The Kier molecular flexibility index (Phi) is 4.89. The van der Waals surface area contributed by atoms with Crippen molar-refractivity contribution < 1.29 is 13.5 Å². The minimum atomic E-state index is -3.39. The SMILES string of the molecule is O=S(=O)(Cc1cccc(CO)c1)NCc1ccccc1. The zero-order chi connectivity index (χ0) is 14.4. The molecule has 0 aromatic heterocycles. The van der Waals surface area contributed by atoms with E-state index in [0.29, 0.717) is 11.1 Å². The molecule has 2 rings (SSSR count). The molecule has 0 radical (unpaired) electrons. The van der Waals surface area contributed by atoms with Crippen LogP contribution in [0.2, 0.25) is 0 Å². The second-order valence-electron chi connectivity index (χ2n) is 4.54. The largest absolute Gasteiger partial charge is 0.392 e. The van der Waals surface area contributed by atoms with Crippen molar-refractivity contribution in [2.24, 2.45) is 0 Å².